The van der Waals surface area contributed by atoms with Gasteiger partial charge >= 0.3 is 0 Å². The molecule has 4 heteroatoms. The van der Waals surface area contributed by atoms with E-state index in [1.54, 1.807) is 12.0 Å². The zero-order chi connectivity index (χ0) is 14.9. The lowest BCUT2D eigenvalue weighted by Crippen LogP contribution is -2.39. The zero-order valence-electron chi connectivity index (χ0n) is 12.5. The minimum Gasteiger partial charge on any atom is -0.496 e. The molecule has 1 aromatic rings. The van der Waals surface area contributed by atoms with Gasteiger partial charge < -0.3 is 9.64 Å². The van der Waals surface area contributed by atoms with Crippen LogP contribution >= 0.6 is 0 Å². The van der Waals surface area contributed by atoms with E-state index in [1.165, 1.54) is 6.92 Å². The number of hydrogen-bond acceptors (Lipinski definition) is 3. The largest absolute Gasteiger partial charge is 0.496 e. The second-order valence-corrected chi connectivity index (χ2v) is 5.37. The molecule has 0 aromatic heterocycles. The number of likely N-dealkylation sites (tertiary alicyclic amines) is 1. The monoisotopic (exact) mass is 275 g/mol. The maximum absolute atomic E-state index is 12.7. The Labute approximate surface area is 119 Å². The summed E-state index contributed by atoms with van der Waals surface area (Å²) in [7, 11) is 1.57. The molecular formula is C16H21NO3. The summed E-state index contributed by atoms with van der Waals surface area (Å²) in [6.07, 6.45) is 1.61. The molecule has 1 unspecified atom stereocenters. The molecule has 1 heterocycles. The first kappa shape index (κ1) is 14.6. The molecule has 0 radical (unpaired) electrons. The zero-order valence-corrected chi connectivity index (χ0v) is 12.5. The third-order valence-corrected chi connectivity index (χ3v) is 4.04. The highest BCUT2D eigenvalue weighted by molar-refractivity contribution is 6.04. The summed E-state index contributed by atoms with van der Waals surface area (Å²) in [5, 5.41) is 0. The van der Waals surface area contributed by atoms with E-state index in [1.807, 2.05) is 26.0 Å². The number of ketones is 1. The SMILES string of the molecule is COc1cc(C)c(C)cc1C(=O)C1CCCN1C(C)=O. The number of carbonyl (C=O) groups excluding carboxylic acids is 2. The van der Waals surface area contributed by atoms with Crippen molar-refractivity contribution in [2.24, 2.45) is 0 Å². The van der Waals surface area contributed by atoms with Gasteiger partial charge in [-0.25, -0.2) is 0 Å². The number of ether oxygens (including phenoxy) is 1. The summed E-state index contributed by atoms with van der Waals surface area (Å²) in [6, 6.07) is 3.41. The van der Waals surface area contributed by atoms with Crippen LogP contribution in [0.25, 0.3) is 0 Å². The molecule has 1 saturated heterocycles. The van der Waals surface area contributed by atoms with Crippen LogP contribution < -0.4 is 4.74 Å². The lowest BCUT2D eigenvalue weighted by molar-refractivity contribution is -0.128. The molecule has 20 heavy (non-hydrogen) atoms. The average molecular weight is 275 g/mol. The Morgan fingerprint density at radius 2 is 1.90 bits per heavy atom. The van der Waals surface area contributed by atoms with Crippen molar-refractivity contribution in [1.82, 2.24) is 4.90 Å². The van der Waals surface area contributed by atoms with E-state index in [9.17, 15) is 9.59 Å². The molecule has 0 spiro atoms. The minimum absolute atomic E-state index is 0.0161. The van der Waals surface area contributed by atoms with Crippen molar-refractivity contribution in [2.75, 3.05) is 13.7 Å². The maximum atomic E-state index is 12.7. The Kier molecular flexibility index (Phi) is 4.12. The van der Waals surface area contributed by atoms with E-state index < -0.39 is 0 Å². The number of aryl methyl sites for hydroxylation is 2. The van der Waals surface area contributed by atoms with Gasteiger partial charge in [-0.05, 0) is 49.9 Å². The first-order chi connectivity index (χ1) is 9.45. The van der Waals surface area contributed by atoms with Crippen LogP contribution in [0.1, 0.15) is 41.3 Å². The van der Waals surface area contributed by atoms with Gasteiger partial charge in [-0.3, -0.25) is 9.59 Å². The number of amides is 1. The quantitative estimate of drug-likeness (QED) is 0.796. The van der Waals surface area contributed by atoms with E-state index in [4.69, 9.17) is 4.74 Å². The smallest absolute Gasteiger partial charge is 0.220 e. The van der Waals surface area contributed by atoms with Gasteiger partial charge in [-0.15, -0.1) is 0 Å². The number of benzene rings is 1. The molecule has 1 atom stereocenters. The number of nitrogens with zero attached hydrogens (tertiary/aromatic N) is 1. The van der Waals surface area contributed by atoms with Crippen molar-refractivity contribution in [1.29, 1.82) is 0 Å². The van der Waals surface area contributed by atoms with Crippen LogP contribution in [0.5, 0.6) is 5.75 Å². The fourth-order valence-electron chi connectivity index (χ4n) is 2.75. The van der Waals surface area contributed by atoms with Crippen LogP contribution in [0, 0.1) is 13.8 Å². The number of methoxy groups -OCH3 is 1. The molecule has 4 nitrogen and oxygen atoms in total. The van der Waals surface area contributed by atoms with Gasteiger partial charge in [0.1, 0.15) is 5.75 Å². The van der Waals surface area contributed by atoms with Crippen LogP contribution in [0.3, 0.4) is 0 Å². The fraction of sp³-hybridized carbons (Fsp3) is 0.500. The molecule has 1 aliphatic heterocycles. The average Bonchev–Trinajstić information content (AvgIpc) is 2.90. The summed E-state index contributed by atoms with van der Waals surface area (Å²) in [4.78, 5) is 26.0. The predicted octanol–water partition coefficient (Wildman–Crippen LogP) is 2.51. The van der Waals surface area contributed by atoms with Gasteiger partial charge in [-0.2, -0.15) is 0 Å². The number of hydrogen-bond donors (Lipinski definition) is 0. The van der Waals surface area contributed by atoms with Crippen molar-refractivity contribution in [3.05, 3.63) is 28.8 Å². The van der Waals surface area contributed by atoms with Gasteiger partial charge in [0, 0.05) is 13.5 Å². The molecule has 0 N–H and O–H groups in total. The molecule has 1 aromatic carbocycles. The highest BCUT2D eigenvalue weighted by Gasteiger charge is 2.34. The Balaban J connectivity index is 2.38. The molecular weight excluding hydrogens is 254 g/mol. The summed E-state index contributed by atoms with van der Waals surface area (Å²) in [6.45, 7) is 6.15. The second-order valence-electron chi connectivity index (χ2n) is 5.37. The van der Waals surface area contributed by atoms with E-state index in [-0.39, 0.29) is 17.7 Å². The molecule has 0 bridgehead atoms. The van der Waals surface area contributed by atoms with Crippen molar-refractivity contribution >= 4 is 11.7 Å². The summed E-state index contributed by atoms with van der Waals surface area (Å²) in [5.41, 5.74) is 2.73. The van der Waals surface area contributed by atoms with Crippen molar-refractivity contribution in [2.45, 2.75) is 39.7 Å². The second kappa shape index (κ2) is 5.65. The van der Waals surface area contributed by atoms with Crippen molar-refractivity contribution in [3.63, 3.8) is 0 Å². The van der Waals surface area contributed by atoms with E-state index in [0.29, 0.717) is 17.9 Å². The molecule has 2 rings (SSSR count). The van der Waals surface area contributed by atoms with Crippen LogP contribution in [0.15, 0.2) is 12.1 Å². The third kappa shape index (κ3) is 2.55. The van der Waals surface area contributed by atoms with Crippen LogP contribution in [0.2, 0.25) is 0 Å². The fourth-order valence-corrected chi connectivity index (χ4v) is 2.75. The van der Waals surface area contributed by atoms with Crippen LogP contribution in [-0.4, -0.2) is 36.3 Å². The highest BCUT2D eigenvalue weighted by atomic mass is 16.5. The maximum Gasteiger partial charge on any atom is 0.220 e. The Bertz CT molecular complexity index is 551. The van der Waals surface area contributed by atoms with E-state index >= 15 is 0 Å². The van der Waals surface area contributed by atoms with Gasteiger partial charge in [0.05, 0.1) is 18.7 Å². The molecule has 0 saturated carbocycles. The number of Topliss-reactive ketones (excluding diaryl/α,β-unsaturated/α-hetero) is 1. The standard InChI is InChI=1S/C16H21NO3/c1-10-8-13(15(20-4)9-11(10)2)16(19)14-6-5-7-17(14)12(3)18/h8-9,14H,5-7H2,1-4H3. The van der Waals surface area contributed by atoms with Gasteiger partial charge in [-0.1, -0.05) is 0 Å². The highest BCUT2D eigenvalue weighted by Crippen LogP contribution is 2.28. The third-order valence-electron chi connectivity index (χ3n) is 4.04. The van der Waals surface area contributed by atoms with Gasteiger partial charge in [0.2, 0.25) is 5.91 Å². The first-order valence-electron chi connectivity index (χ1n) is 6.92. The van der Waals surface area contributed by atoms with Gasteiger partial charge in [0.15, 0.2) is 5.78 Å². The first-order valence-corrected chi connectivity index (χ1v) is 6.92. The molecule has 1 aliphatic rings. The Hall–Kier alpha value is -1.84. The number of rotatable bonds is 3. The molecule has 0 aliphatic carbocycles. The minimum atomic E-state index is -0.344. The van der Waals surface area contributed by atoms with Gasteiger partial charge in [0.25, 0.3) is 0 Å². The van der Waals surface area contributed by atoms with Crippen molar-refractivity contribution < 1.29 is 14.3 Å². The Morgan fingerprint density at radius 3 is 2.50 bits per heavy atom. The van der Waals surface area contributed by atoms with Crippen LogP contribution in [-0.2, 0) is 4.79 Å². The number of carbonyl (C=O) groups is 2. The van der Waals surface area contributed by atoms with Crippen LogP contribution in [0.4, 0.5) is 0 Å². The summed E-state index contributed by atoms with van der Waals surface area (Å²) >= 11 is 0. The van der Waals surface area contributed by atoms with E-state index in [0.717, 1.165) is 24.0 Å². The molecule has 1 amide bonds. The van der Waals surface area contributed by atoms with E-state index in [2.05, 4.69) is 0 Å². The molecule has 1 fully saturated rings. The predicted molar refractivity (Wildman–Crippen MR) is 77.2 cm³/mol. The lowest BCUT2D eigenvalue weighted by Gasteiger charge is -2.23. The topological polar surface area (TPSA) is 46.6 Å². The summed E-state index contributed by atoms with van der Waals surface area (Å²) in [5.74, 6) is 0.537. The normalized spacial score (nSPS) is 18.2. The van der Waals surface area contributed by atoms with Crippen molar-refractivity contribution in [3.8, 4) is 5.75 Å². The summed E-state index contributed by atoms with van der Waals surface area (Å²) < 4.78 is 5.33. The Morgan fingerprint density at radius 1 is 1.25 bits per heavy atom. The molecule has 108 valence electrons. The lowest BCUT2D eigenvalue weighted by atomic mass is 9.97.